The SMILES string of the molecule is CC(=O)c1ccc(OCc2ccccc2)c(/C=C/Cc2ccccc2/C=C/C(=O)O)c1.CC(=O)c1ccc(OCc2ccccc2)c(C/C=C/c2ccccc2/C=C/C(=O)O)c1. The summed E-state index contributed by atoms with van der Waals surface area (Å²) < 4.78 is 12.0. The predicted octanol–water partition coefficient (Wildman–Crippen LogP) is 11.6. The Bertz CT molecular complexity index is 2580. The zero-order valence-electron chi connectivity index (χ0n) is 34.6. The molecule has 0 unspecified atom stereocenters. The van der Waals surface area contributed by atoms with Gasteiger partial charge in [0.1, 0.15) is 24.7 Å². The van der Waals surface area contributed by atoms with Gasteiger partial charge in [-0.2, -0.15) is 0 Å². The molecule has 62 heavy (non-hydrogen) atoms. The second-order valence-corrected chi connectivity index (χ2v) is 14.1. The minimum Gasteiger partial charge on any atom is -0.489 e. The molecule has 8 nitrogen and oxygen atoms in total. The van der Waals surface area contributed by atoms with Crippen molar-refractivity contribution in [2.24, 2.45) is 0 Å². The van der Waals surface area contributed by atoms with Gasteiger partial charge in [0.2, 0.25) is 0 Å². The molecule has 6 aromatic carbocycles. The standard InChI is InChI=1S/2C27H24O4/c2*1-20(28)24-14-16-26(31-19-21-8-3-2-4-9-21)25(18-24)13-7-12-22-10-5-6-11-23(22)15-17-27(29)30/h2-11,13-18H,12,19H2,1H3,(H,29,30);2-12,14-18H,13,19H2,1H3,(H,29,30)/b13-7+,17-15+;12-7+,17-15+. The van der Waals surface area contributed by atoms with Gasteiger partial charge in [-0.05, 0) is 114 Å². The minimum atomic E-state index is -0.986. The van der Waals surface area contributed by atoms with Crippen molar-refractivity contribution in [2.75, 3.05) is 0 Å². The van der Waals surface area contributed by atoms with Crippen LogP contribution in [0, 0.1) is 0 Å². The number of carboxylic acid groups (broad SMARTS) is 2. The van der Waals surface area contributed by atoms with E-state index in [1.165, 1.54) is 0 Å². The van der Waals surface area contributed by atoms with E-state index in [1.54, 1.807) is 38.1 Å². The number of ether oxygens (including phenoxy) is 2. The van der Waals surface area contributed by atoms with E-state index in [-0.39, 0.29) is 11.6 Å². The van der Waals surface area contributed by atoms with Crippen molar-refractivity contribution in [1.29, 1.82) is 0 Å². The van der Waals surface area contributed by atoms with Crippen LogP contribution >= 0.6 is 0 Å². The molecule has 0 amide bonds. The van der Waals surface area contributed by atoms with Crippen molar-refractivity contribution in [3.8, 4) is 11.5 Å². The molecule has 0 saturated carbocycles. The normalized spacial score (nSPS) is 11.1. The van der Waals surface area contributed by atoms with Crippen LogP contribution in [0.1, 0.15) is 79.1 Å². The first-order valence-corrected chi connectivity index (χ1v) is 20.0. The van der Waals surface area contributed by atoms with Crippen LogP contribution in [-0.2, 0) is 35.6 Å². The largest absolute Gasteiger partial charge is 0.489 e. The van der Waals surface area contributed by atoms with Gasteiger partial charge in [0.25, 0.3) is 0 Å². The third-order valence-electron chi connectivity index (χ3n) is 9.49. The Labute approximate surface area is 362 Å². The van der Waals surface area contributed by atoms with Crippen LogP contribution in [0.2, 0.25) is 0 Å². The Morgan fingerprint density at radius 3 is 1.45 bits per heavy atom. The number of hydrogen-bond donors (Lipinski definition) is 2. The van der Waals surface area contributed by atoms with E-state index in [0.717, 1.165) is 62.4 Å². The first-order valence-electron chi connectivity index (χ1n) is 20.0. The number of hydrogen-bond acceptors (Lipinski definition) is 6. The van der Waals surface area contributed by atoms with Crippen LogP contribution in [0.4, 0.5) is 0 Å². The van der Waals surface area contributed by atoms with Gasteiger partial charge in [0.15, 0.2) is 11.6 Å². The second kappa shape index (κ2) is 23.7. The highest BCUT2D eigenvalue weighted by molar-refractivity contribution is 5.95. The summed E-state index contributed by atoms with van der Waals surface area (Å²) in [4.78, 5) is 45.3. The van der Waals surface area contributed by atoms with Crippen molar-refractivity contribution in [3.05, 3.63) is 226 Å². The monoisotopic (exact) mass is 824 g/mol. The maximum absolute atomic E-state index is 11.8. The first-order chi connectivity index (χ1) is 30.0. The van der Waals surface area contributed by atoms with Crippen molar-refractivity contribution in [2.45, 2.75) is 39.9 Å². The smallest absolute Gasteiger partial charge is 0.328 e. The number of carboxylic acids is 2. The highest BCUT2D eigenvalue weighted by Crippen LogP contribution is 2.26. The lowest BCUT2D eigenvalue weighted by molar-refractivity contribution is -0.132. The lowest BCUT2D eigenvalue weighted by Gasteiger charge is -2.12. The van der Waals surface area contributed by atoms with Gasteiger partial charge in [-0.15, -0.1) is 0 Å². The zero-order valence-corrected chi connectivity index (χ0v) is 34.6. The number of allylic oxidation sites excluding steroid dienone is 2. The number of carbonyl (C=O) groups is 4. The van der Waals surface area contributed by atoms with Crippen LogP contribution in [-0.4, -0.2) is 33.7 Å². The van der Waals surface area contributed by atoms with Gasteiger partial charge in [-0.1, -0.05) is 133 Å². The summed E-state index contributed by atoms with van der Waals surface area (Å²) in [5.41, 5.74) is 8.72. The number of ketones is 2. The fourth-order valence-corrected chi connectivity index (χ4v) is 6.24. The molecule has 6 rings (SSSR count). The Kier molecular flexibility index (Phi) is 17.3. The highest BCUT2D eigenvalue weighted by atomic mass is 16.5. The molecule has 0 aliphatic heterocycles. The summed E-state index contributed by atoms with van der Waals surface area (Å²) in [5, 5.41) is 17.8. The zero-order chi connectivity index (χ0) is 44.1. The van der Waals surface area contributed by atoms with Crippen LogP contribution in [0.25, 0.3) is 24.3 Å². The molecule has 0 spiro atoms. The van der Waals surface area contributed by atoms with Crippen molar-refractivity contribution >= 4 is 47.8 Å². The number of aliphatic carboxylic acids is 2. The molecule has 0 bridgehead atoms. The Hall–Kier alpha value is -7.84. The van der Waals surface area contributed by atoms with Crippen LogP contribution in [0.5, 0.6) is 11.5 Å². The Morgan fingerprint density at radius 1 is 0.452 bits per heavy atom. The van der Waals surface area contributed by atoms with Crippen molar-refractivity contribution in [3.63, 3.8) is 0 Å². The van der Waals surface area contributed by atoms with Crippen LogP contribution in [0.15, 0.2) is 170 Å². The number of rotatable bonds is 18. The molecular weight excluding hydrogens is 777 g/mol. The fraction of sp³-hybridized carbons (Fsp3) is 0.111. The summed E-state index contributed by atoms with van der Waals surface area (Å²) in [5.74, 6) is -0.536. The molecule has 0 fully saturated rings. The lowest BCUT2D eigenvalue weighted by atomic mass is 10.0. The third-order valence-corrected chi connectivity index (χ3v) is 9.49. The van der Waals surface area contributed by atoms with E-state index in [2.05, 4.69) is 0 Å². The average Bonchev–Trinajstić information content (AvgIpc) is 3.28. The molecule has 0 aliphatic carbocycles. The van der Waals surface area contributed by atoms with E-state index in [1.807, 2.05) is 158 Å². The molecule has 0 aromatic heterocycles. The lowest BCUT2D eigenvalue weighted by Crippen LogP contribution is -2.01. The van der Waals surface area contributed by atoms with Crippen molar-refractivity contribution < 1.29 is 38.9 Å². The van der Waals surface area contributed by atoms with E-state index in [0.29, 0.717) is 42.9 Å². The predicted molar refractivity (Wildman–Crippen MR) is 246 cm³/mol. The summed E-state index contributed by atoms with van der Waals surface area (Å²) in [6.45, 7) is 3.96. The number of carbonyl (C=O) groups excluding carboxylic acids is 2. The minimum absolute atomic E-state index is 0.00370. The first kappa shape index (κ1) is 45.2. The van der Waals surface area contributed by atoms with E-state index in [9.17, 15) is 19.2 Å². The Balaban J connectivity index is 0.000000234. The van der Waals surface area contributed by atoms with Gasteiger partial charge in [0.05, 0.1) is 0 Å². The number of Topliss-reactive ketones (excluding diaryl/α,β-unsaturated/α-hetero) is 2. The fourth-order valence-electron chi connectivity index (χ4n) is 6.24. The van der Waals surface area contributed by atoms with E-state index in [4.69, 9.17) is 19.7 Å². The number of benzene rings is 6. The maximum atomic E-state index is 11.8. The summed E-state index contributed by atoms with van der Waals surface area (Å²) in [6.07, 6.45) is 14.5. The van der Waals surface area contributed by atoms with Gasteiger partial charge < -0.3 is 19.7 Å². The van der Waals surface area contributed by atoms with Crippen LogP contribution in [0.3, 0.4) is 0 Å². The molecule has 8 heteroatoms. The Morgan fingerprint density at radius 2 is 0.887 bits per heavy atom. The molecule has 312 valence electrons. The van der Waals surface area contributed by atoms with E-state index >= 15 is 0 Å². The topological polar surface area (TPSA) is 127 Å². The van der Waals surface area contributed by atoms with Crippen molar-refractivity contribution in [1.82, 2.24) is 0 Å². The maximum Gasteiger partial charge on any atom is 0.328 e. The van der Waals surface area contributed by atoms with Crippen LogP contribution < -0.4 is 9.47 Å². The molecule has 6 aromatic rings. The molecule has 0 atom stereocenters. The third kappa shape index (κ3) is 14.8. The molecule has 0 saturated heterocycles. The highest BCUT2D eigenvalue weighted by Gasteiger charge is 2.09. The van der Waals surface area contributed by atoms with Gasteiger partial charge in [-0.25, -0.2) is 9.59 Å². The summed E-state index contributed by atoms with van der Waals surface area (Å²) >= 11 is 0. The molecule has 2 N–H and O–H groups in total. The van der Waals surface area contributed by atoms with Gasteiger partial charge >= 0.3 is 11.9 Å². The summed E-state index contributed by atoms with van der Waals surface area (Å²) in [6, 6.07) is 45.9. The molecule has 0 aliphatic rings. The second-order valence-electron chi connectivity index (χ2n) is 14.1. The quantitative estimate of drug-likeness (QED) is 0.0648. The van der Waals surface area contributed by atoms with Gasteiger partial charge in [-0.3, -0.25) is 9.59 Å². The molecular formula is C54H48O8. The van der Waals surface area contributed by atoms with E-state index < -0.39 is 11.9 Å². The van der Waals surface area contributed by atoms with Gasteiger partial charge in [0, 0.05) is 28.8 Å². The molecule has 0 heterocycles. The average molecular weight is 825 g/mol. The molecule has 0 radical (unpaired) electrons. The summed E-state index contributed by atoms with van der Waals surface area (Å²) in [7, 11) is 0.